The van der Waals surface area contributed by atoms with E-state index in [4.69, 9.17) is 0 Å². The van der Waals surface area contributed by atoms with Crippen molar-refractivity contribution in [3.05, 3.63) is 29.8 Å². The lowest BCUT2D eigenvalue weighted by atomic mass is 10.0. The number of carbonyl (C=O) groups is 2. The Hall–Kier alpha value is -1.88. The van der Waals surface area contributed by atoms with Crippen LogP contribution in [0.25, 0.3) is 0 Å². The molecule has 0 spiro atoms. The van der Waals surface area contributed by atoms with Crippen LogP contribution in [-0.4, -0.2) is 55.3 Å². The van der Waals surface area contributed by atoms with Gasteiger partial charge in [-0.1, -0.05) is 26.0 Å². The molecule has 0 bridgehead atoms. The molecule has 0 heterocycles. The first-order chi connectivity index (χ1) is 11.3. The Kier molecular flexibility index (Phi) is 8.47. The molecule has 1 aromatic rings. The molecular weight excluding hydrogens is 302 g/mol. The molecule has 5 heteroatoms. The van der Waals surface area contributed by atoms with E-state index in [0.29, 0.717) is 25.4 Å². The minimum atomic E-state index is -0.0637. The zero-order valence-electron chi connectivity index (χ0n) is 15.6. The van der Waals surface area contributed by atoms with Gasteiger partial charge in [-0.2, -0.15) is 0 Å². The standard InChI is InChI=1S/C19H31N3O2/c1-15(2)17-7-9-18(10-8-17)20-19(24)11-14-22(16(3)23)13-6-12-21(4)5/h7-10,15H,6,11-14H2,1-5H3,(H,20,24). The molecule has 0 aromatic heterocycles. The monoisotopic (exact) mass is 333 g/mol. The van der Waals surface area contributed by atoms with Crippen molar-refractivity contribution in [2.75, 3.05) is 39.0 Å². The van der Waals surface area contributed by atoms with Crippen LogP contribution in [0.4, 0.5) is 5.69 Å². The largest absolute Gasteiger partial charge is 0.342 e. The fourth-order valence-electron chi connectivity index (χ4n) is 2.42. The highest BCUT2D eigenvalue weighted by Gasteiger charge is 2.11. The number of hydrogen-bond acceptors (Lipinski definition) is 3. The topological polar surface area (TPSA) is 52.7 Å². The quantitative estimate of drug-likeness (QED) is 0.756. The molecule has 0 atom stereocenters. The maximum Gasteiger partial charge on any atom is 0.226 e. The van der Waals surface area contributed by atoms with Crippen molar-refractivity contribution < 1.29 is 9.59 Å². The van der Waals surface area contributed by atoms with Crippen molar-refractivity contribution in [3.8, 4) is 0 Å². The predicted octanol–water partition coefficient (Wildman–Crippen LogP) is 2.94. The predicted molar refractivity (Wildman–Crippen MR) is 99.2 cm³/mol. The van der Waals surface area contributed by atoms with Gasteiger partial charge in [-0.3, -0.25) is 9.59 Å². The van der Waals surface area contributed by atoms with E-state index >= 15 is 0 Å². The third kappa shape index (κ3) is 7.59. The molecule has 0 fully saturated rings. The summed E-state index contributed by atoms with van der Waals surface area (Å²) in [6, 6.07) is 7.91. The number of nitrogens with zero attached hydrogens (tertiary/aromatic N) is 2. The molecule has 1 N–H and O–H groups in total. The summed E-state index contributed by atoms with van der Waals surface area (Å²) in [5.41, 5.74) is 2.04. The van der Waals surface area contributed by atoms with Gasteiger partial charge in [-0.25, -0.2) is 0 Å². The van der Waals surface area contributed by atoms with Gasteiger partial charge in [0.15, 0.2) is 0 Å². The van der Waals surface area contributed by atoms with Gasteiger partial charge in [0.25, 0.3) is 0 Å². The second kappa shape index (κ2) is 10.1. The zero-order valence-corrected chi connectivity index (χ0v) is 15.6. The SMILES string of the molecule is CC(=O)N(CCCN(C)C)CCC(=O)Nc1ccc(C(C)C)cc1. The van der Waals surface area contributed by atoms with Gasteiger partial charge in [-0.15, -0.1) is 0 Å². The van der Waals surface area contributed by atoms with Gasteiger partial charge in [-0.05, 0) is 50.7 Å². The van der Waals surface area contributed by atoms with E-state index in [2.05, 4.69) is 24.1 Å². The number of anilines is 1. The maximum atomic E-state index is 12.1. The number of benzene rings is 1. The van der Waals surface area contributed by atoms with Crippen LogP contribution in [0.15, 0.2) is 24.3 Å². The highest BCUT2D eigenvalue weighted by molar-refractivity contribution is 5.91. The first-order valence-corrected chi connectivity index (χ1v) is 8.59. The smallest absolute Gasteiger partial charge is 0.226 e. The fraction of sp³-hybridized carbons (Fsp3) is 0.579. The number of nitrogens with one attached hydrogen (secondary N) is 1. The highest BCUT2D eigenvalue weighted by atomic mass is 16.2. The summed E-state index contributed by atoms with van der Waals surface area (Å²) >= 11 is 0. The molecule has 1 aromatic carbocycles. The van der Waals surface area contributed by atoms with Gasteiger partial charge in [0.2, 0.25) is 11.8 Å². The third-order valence-corrected chi connectivity index (χ3v) is 3.95. The molecule has 24 heavy (non-hydrogen) atoms. The Morgan fingerprint density at radius 3 is 2.17 bits per heavy atom. The molecule has 0 saturated carbocycles. The molecular formula is C19H31N3O2. The molecule has 134 valence electrons. The highest BCUT2D eigenvalue weighted by Crippen LogP contribution is 2.17. The third-order valence-electron chi connectivity index (χ3n) is 3.95. The van der Waals surface area contributed by atoms with E-state index in [1.807, 2.05) is 38.4 Å². The lowest BCUT2D eigenvalue weighted by Gasteiger charge is -2.21. The summed E-state index contributed by atoms with van der Waals surface area (Å²) in [5.74, 6) is 0.426. The van der Waals surface area contributed by atoms with Crippen LogP contribution in [0.1, 0.15) is 45.1 Å². The van der Waals surface area contributed by atoms with Gasteiger partial charge >= 0.3 is 0 Å². The summed E-state index contributed by atoms with van der Waals surface area (Å²) in [4.78, 5) is 27.6. The molecule has 5 nitrogen and oxygen atoms in total. The van der Waals surface area contributed by atoms with Gasteiger partial charge in [0.05, 0.1) is 0 Å². The molecule has 0 unspecified atom stereocenters. The van der Waals surface area contributed by atoms with E-state index in [9.17, 15) is 9.59 Å². The second-order valence-electron chi connectivity index (χ2n) is 6.74. The van der Waals surface area contributed by atoms with Crippen molar-refractivity contribution in [2.24, 2.45) is 0 Å². The van der Waals surface area contributed by atoms with Crippen LogP contribution >= 0.6 is 0 Å². The first-order valence-electron chi connectivity index (χ1n) is 8.59. The van der Waals surface area contributed by atoms with Crippen LogP contribution in [0, 0.1) is 0 Å². The van der Waals surface area contributed by atoms with E-state index in [1.54, 1.807) is 11.8 Å². The molecule has 0 aliphatic carbocycles. The van der Waals surface area contributed by atoms with Crippen LogP contribution < -0.4 is 5.32 Å². The Morgan fingerprint density at radius 2 is 1.67 bits per heavy atom. The van der Waals surface area contributed by atoms with Crippen molar-refractivity contribution in [2.45, 2.75) is 39.5 Å². The molecule has 0 aliphatic rings. The summed E-state index contributed by atoms with van der Waals surface area (Å²) in [5, 5.41) is 2.89. The zero-order chi connectivity index (χ0) is 18.1. The average Bonchev–Trinajstić information content (AvgIpc) is 2.50. The Balaban J connectivity index is 2.43. The molecule has 0 radical (unpaired) electrons. The second-order valence-corrected chi connectivity index (χ2v) is 6.74. The van der Waals surface area contributed by atoms with Crippen molar-refractivity contribution >= 4 is 17.5 Å². The number of carbonyl (C=O) groups excluding carboxylic acids is 2. The summed E-state index contributed by atoms with van der Waals surface area (Å²) in [7, 11) is 4.02. The van der Waals surface area contributed by atoms with Gasteiger partial charge in [0.1, 0.15) is 0 Å². The minimum Gasteiger partial charge on any atom is -0.342 e. The Bertz CT molecular complexity index is 524. The van der Waals surface area contributed by atoms with Crippen molar-refractivity contribution in [1.29, 1.82) is 0 Å². The van der Waals surface area contributed by atoms with E-state index in [-0.39, 0.29) is 11.8 Å². The molecule has 1 rings (SSSR count). The van der Waals surface area contributed by atoms with Crippen LogP contribution in [0.2, 0.25) is 0 Å². The van der Waals surface area contributed by atoms with Crippen molar-refractivity contribution in [1.82, 2.24) is 9.80 Å². The molecule has 0 saturated heterocycles. The number of hydrogen-bond donors (Lipinski definition) is 1. The van der Waals surface area contributed by atoms with Crippen molar-refractivity contribution in [3.63, 3.8) is 0 Å². The first kappa shape index (κ1) is 20.2. The van der Waals surface area contributed by atoms with Gasteiger partial charge in [0, 0.05) is 32.1 Å². The Morgan fingerprint density at radius 1 is 1.04 bits per heavy atom. The van der Waals surface area contributed by atoms with Gasteiger partial charge < -0.3 is 15.1 Å². The normalized spacial score (nSPS) is 11.0. The molecule has 0 aliphatic heterocycles. The van der Waals surface area contributed by atoms with Crippen LogP contribution in [0.3, 0.4) is 0 Å². The Labute approximate surface area is 146 Å². The lowest BCUT2D eigenvalue weighted by Crippen LogP contribution is -2.34. The summed E-state index contributed by atoms with van der Waals surface area (Å²) in [6.07, 6.45) is 1.22. The van der Waals surface area contributed by atoms with E-state index < -0.39 is 0 Å². The van der Waals surface area contributed by atoms with E-state index in [0.717, 1.165) is 18.7 Å². The lowest BCUT2D eigenvalue weighted by molar-refractivity contribution is -0.129. The van der Waals surface area contributed by atoms with E-state index in [1.165, 1.54) is 5.56 Å². The van der Waals surface area contributed by atoms with Crippen LogP contribution in [0.5, 0.6) is 0 Å². The summed E-state index contributed by atoms with van der Waals surface area (Å²) < 4.78 is 0. The maximum absolute atomic E-state index is 12.1. The minimum absolute atomic E-state index is 0.0165. The number of amides is 2. The fourth-order valence-corrected chi connectivity index (χ4v) is 2.42. The molecule has 2 amide bonds. The number of rotatable bonds is 9. The summed E-state index contributed by atoms with van der Waals surface area (Å²) in [6.45, 7) is 7.90. The average molecular weight is 333 g/mol. The van der Waals surface area contributed by atoms with Crippen LogP contribution in [-0.2, 0) is 9.59 Å².